The summed E-state index contributed by atoms with van der Waals surface area (Å²) in [4.78, 5) is 0.417. The highest BCUT2D eigenvalue weighted by molar-refractivity contribution is 7.89. The Kier molecular flexibility index (Phi) is 5.18. The van der Waals surface area contributed by atoms with Gasteiger partial charge in [0, 0.05) is 19.1 Å². The SMILES string of the molecule is CC(C)NCCc1ccc(S(=O)(=O)N2CCCC2)cc1. The van der Waals surface area contributed by atoms with E-state index in [-0.39, 0.29) is 0 Å². The van der Waals surface area contributed by atoms with Crippen molar-refractivity contribution in [1.29, 1.82) is 0 Å². The topological polar surface area (TPSA) is 49.4 Å². The van der Waals surface area contributed by atoms with Gasteiger partial charge in [0.05, 0.1) is 4.90 Å². The Bertz CT molecular complexity index is 517. The molecule has 1 aliphatic rings. The summed E-state index contributed by atoms with van der Waals surface area (Å²) in [5.41, 5.74) is 1.17. The maximum absolute atomic E-state index is 12.4. The van der Waals surface area contributed by atoms with Gasteiger partial charge in [-0.1, -0.05) is 26.0 Å². The molecule has 0 atom stereocenters. The monoisotopic (exact) mass is 296 g/mol. The summed E-state index contributed by atoms with van der Waals surface area (Å²) in [7, 11) is -3.27. The summed E-state index contributed by atoms with van der Waals surface area (Å²) in [6.45, 7) is 6.46. The minimum atomic E-state index is -3.27. The highest BCUT2D eigenvalue weighted by atomic mass is 32.2. The molecule has 5 heteroatoms. The Labute approximate surface area is 122 Å². The largest absolute Gasteiger partial charge is 0.314 e. The molecule has 1 N–H and O–H groups in total. The molecule has 1 aromatic rings. The second-order valence-corrected chi connectivity index (χ2v) is 7.55. The molecule has 20 heavy (non-hydrogen) atoms. The zero-order chi connectivity index (χ0) is 14.6. The molecule has 1 saturated heterocycles. The number of hydrogen-bond donors (Lipinski definition) is 1. The van der Waals surface area contributed by atoms with Crippen LogP contribution in [-0.4, -0.2) is 38.4 Å². The summed E-state index contributed by atoms with van der Waals surface area (Å²) < 4.78 is 26.3. The highest BCUT2D eigenvalue weighted by Crippen LogP contribution is 2.21. The number of sulfonamides is 1. The van der Waals surface area contributed by atoms with Crippen molar-refractivity contribution in [3.8, 4) is 0 Å². The van der Waals surface area contributed by atoms with Crippen LogP contribution in [0.15, 0.2) is 29.2 Å². The van der Waals surface area contributed by atoms with Crippen LogP contribution in [0.4, 0.5) is 0 Å². The second-order valence-electron chi connectivity index (χ2n) is 5.61. The molecule has 0 radical (unpaired) electrons. The van der Waals surface area contributed by atoms with Crippen LogP contribution in [0.25, 0.3) is 0 Å². The second kappa shape index (κ2) is 6.70. The van der Waals surface area contributed by atoms with Crippen molar-refractivity contribution in [2.45, 2.75) is 44.0 Å². The molecule has 2 rings (SSSR count). The van der Waals surface area contributed by atoms with Crippen molar-refractivity contribution in [2.24, 2.45) is 0 Å². The minimum Gasteiger partial charge on any atom is -0.314 e. The van der Waals surface area contributed by atoms with Crippen molar-refractivity contribution in [3.63, 3.8) is 0 Å². The van der Waals surface area contributed by atoms with Gasteiger partial charge in [0.25, 0.3) is 0 Å². The maximum atomic E-state index is 12.4. The molecule has 0 amide bonds. The fourth-order valence-electron chi connectivity index (χ4n) is 2.41. The van der Waals surface area contributed by atoms with Gasteiger partial charge in [0.2, 0.25) is 10.0 Å². The van der Waals surface area contributed by atoms with E-state index in [0.29, 0.717) is 24.0 Å². The molecule has 0 unspecified atom stereocenters. The molecule has 112 valence electrons. The predicted octanol–water partition coefficient (Wildman–Crippen LogP) is 2.01. The first kappa shape index (κ1) is 15.5. The van der Waals surface area contributed by atoms with E-state index in [0.717, 1.165) is 25.8 Å². The van der Waals surface area contributed by atoms with Gasteiger partial charge in [-0.05, 0) is 43.5 Å². The third kappa shape index (κ3) is 3.81. The van der Waals surface area contributed by atoms with E-state index < -0.39 is 10.0 Å². The lowest BCUT2D eigenvalue weighted by molar-refractivity contribution is 0.477. The van der Waals surface area contributed by atoms with Gasteiger partial charge in [-0.15, -0.1) is 0 Å². The van der Waals surface area contributed by atoms with Crippen molar-refractivity contribution in [2.75, 3.05) is 19.6 Å². The molecule has 1 heterocycles. The first-order valence-corrected chi connectivity index (χ1v) is 8.76. The van der Waals surface area contributed by atoms with Crippen LogP contribution in [0.2, 0.25) is 0 Å². The van der Waals surface area contributed by atoms with Gasteiger partial charge >= 0.3 is 0 Å². The summed E-state index contributed by atoms with van der Waals surface area (Å²) in [5.74, 6) is 0. The Morgan fingerprint density at radius 2 is 1.75 bits per heavy atom. The summed E-state index contributed by atoms with van der Waals surface area (Å²) in [5, 5.41) is 3.36. The lowest BCUT2D eigenvalue weighted by atomic mass is 10.1. The molecule has 1 aromatic carbocycles. The summed E-state index contributed by atoms with van der Waals surface area (Å²) >= 11 is 0. The van der Waals surface area contributed by atoms with Crippen LogP contribution >= 0.6 is 0 Å². The summed E-state index contributed by atoms with van der Waals surface area (Å²) in [6.07, 6.45) is 2.86. The van der Waals surface area contributed by atoms with E-state index in [4.69, 9.17) is 0 Å². The molecular weight excluding hydrogens is 272 g/mol. The van der Waals surface area contributed by atoms with Gasteiger partial charge < -0.3 is 5.32 Å². The Balaban J connectivity index is 2.00. The lowest BCUT2D eigenvalue weighted by Crippen LogP contribution is -2.27. The van der Waals surface area contributed by atoms with Crippen molar-refractivity contribution in [3.05, 3.63) is 29.8 Å². The molecular formula is C15H24N2O2S. The molecule has 0 saturated carbocycles. The van der Waals surface area contributed by atoms with Crippen molar-refractivity contribution >= 4 is 10.0 Å². The highest BCUT2D eigenvalue weighted by Gasteiger charge is 2.26. The average Bonchev–Trinajstić information content (AvgIpc) is 2.93. The third-order valence-electron chi connectivity index (χ3n) is 3.59. The van der Waals surface area contributed by atoms with Crippen LogP contribution in [0, 0.1) is 0 Å². The Hall–Kier alpha value is -0.910. The quantitative estimate of drug-likeness (QED) is 0.873. The molecule has 0 bridgehead atoms. The van der Waals surface area contributed by atoms with Crippen LogP contribution in [0.5, 0.6) is 0 Å². The van der Waals surface area contributed by atoms with Gasteiger partial charge in [-0.25, -0.2) is 8.42 Å². The first-order chi connectivity index (χ1) is 9.50. The molecule has 4 nitrogen and oxygen atoms in total. The summed E-state index contributed by atoms with van der Waals surface area (Å²) in [6, 6.07) is 7.79. The Morgan fingerprint density at radius 3 is 2.30 bits per heavy atom. The average molecular weight is 296 g/mol. The van der Waals surface area contributed by atoms with Crippen molar-refractivity contribution < 1.29 is 8.42 Å². The van der Waals surface area contributed by atoms with Crippen LogP contribution in [0.1, 0.15) is 32.3 Å². The van der Waals surface area contributed by atoms with Crippen LogP contribution < -0.4 is 5.32 Å². The zero-order valence-corrected chi connectivity index (χ0v) is 13.1. The maximum Gasteiger partial charge on any atom is 0.243 e. The zero-order valence-electron chi connectivity index (χ0n) is 12.3. The number of benzene rings is 1. The predicted molar refractivity (Wildman–Crippen MR) is 81.3 cm³/mol. The number of rotatable bonds is 6. The molecule has 1 aliphatic heterocycles. The molecule has 0 spiro atoms. The van der Waals surface area contributed by atoms with Gasteiger partial charge in [0.1, 0.15) is 0 Å². The standard InChI is InChI=1S/C15H24N2O2S/c1-13(2)16-10-9-14-5-7-15(8-6-14)20(18,19)17-11-3-4-12-17/h5-8,13,16H,3-4,9-12H2,1-2H3. The fraction of sp³-hybridized carbons (Fsp3) is 0.600. The fourth-order valence-corrected chi connectivity index (χ4v) is 3.93. The number of nitrogens with one attached hydrogen (secondary N) is 1. The van der Waals surface area contributed by atoms with E-state index in [1.54, 1.807) is 16.4 Å². The van der Waals surface area contributed by atoms with Crippen LogP contribution in [-0.2, 0) is 16.4 Å². The lowest BCUT2D eigenvalue weighted by Gasteiger charge is -2.15. The minimum absolute atomic E-state index is 0.417. The van der Waals surface area contributed by atoms with Crippen molar-refractivity contribution in [1.82, 2.24) is 9.62 Å². The Morgan fingerprint density at radius 1 is 1.15 bits per heavy atom. The molecule has 0 aliphatic carbocycles. The van der Waals surface area contributed by atoms with E-state index in [1.165, 1.54) is 5.56 Å². The van der Waals surface area contributed by atoms with E-state index in [2.05, 4.69) is 19.2 Å². The van der Waals surface area contributed by atoms with Crippen LogP contribution in [0.3, 0.4) is 0 Å². The van der Waals surface area contributed by atoms with E-state index >= 15 is 0 Å². The smallest absolute Gasteiger partial charge is 0.243 e. The first-order valence-electron chi connectivity index (χ1n) is 7.32. The van der Waals surface area contributed by atoms with Gasteiger partial charge in [-0.2, -0.15) is 4.31 Å². The number of hydrogen-bond acceptors (Lipinski definition) is 3. The number of nitrogens with zero attached hydrogens (tertiary/aromatic N) is 1. The molecule has 0 aromatic heterocycles. The van der Waals surface area contributed by atoms with Gasteiger partial charge in [-0.3, -0.25) is 0 Å². The third-order valence-corrected chi connectivity index (χ3v) is 5.51. The van der Waals surface area contributed by atoms with E-state index in [9.17, 15) is 8.42 Å². The molecule has 1 fully saturated rings. The van der Waals surface area contributed by atoms with E-state index in [1.807, 2.05) is 12.1 Å². The van der Waals surface area contributed by atoms with Gasteiger partial charge in [0.15, 0.2) is 0 Å². The normalized spacial score (nSPS) is 16.9.